The average molecular weight is 236 g/mol. The average Bonchev–Trinajstić information content (AvgIpc) is 2.37. The van der Waals surface area contributed by atoms with Crippen molar-refractivity contribution in [3.05, 3.63) is 12.4 Å². The zero-order valence-electron chi connectivity index (χ0n) is 10.5. The van der Waals surface area contributed by atoms with Crippen LogP contribution in [0.1, 0.15) is 20.3 Å². The molecule has 17 heavy (non-hydrogen) atoms. The highest BCUT2D eigenvalue weighted by atomic mass is 16.5. The van der Waals surface area contributed by atoms with Crippen LogP contribution in [0, 0.1) is 0 Å². The lowest BCUT2D eigenvalue weighted by molar-refractivity contribution is 0.304. The van der Waals surface area contributed by atoms with E-state index in [2.05, 4.69) is 34.0 Å². The summed E-state index contributed by atoms with van der Waals surface area (Å²) in [5, 5.41) is 3.41. The van der Waals surface area contributed by atoms with Gasteiger partial charge in [-0.3, -0.25) is 0 Å². The van der Waals surface area contributed by atoms with E-state index >= 15 is 0 Å². The van der Waals surface area contributed by atoms with Crippen molar-refractivity contribution in [3.63, 3.8) is 0 Å². The van der Waals surface area contributed by atoms with E-state index < -0.39 is 0 Å². The number of hydrogen-bond acceptors (Lipinski definition) is 5. The van der Waals surface area contributed by atoms with Crippen molar-refractivity contribution in [2.75, 3.05) is 31.1 Å². The first-order valence-electron chi connectivity index (χ1n) is 6.22. The minimum Gasteiger partial charge on any atom is -0.478 e. The van der Waals surface area contributed by atoms with Gasteiger partial charge in [-0.1, -0.05) is 6.92 Å². The molecular formula is C12H20N4O. The van der Waals surface area contributed by atoms with Gasteiger partial charge in [0.25, 0.3) is 0 Å². The number of anilines is 1. The minimum absolute atomic E-state index is 0.499. The van der Waals surface area contributed by atoms with Crippen LogP contribution in [0.5, 0.6) is 5.88 Å². The van der Waals surface area contributed by atoms with Gasteiger partial charge in [-0.05, 0) is 13.3 Å². The monoisotopic (exact) mass is 236 g/mol. The Hall–Kier alpha value is -1.36. The Morgan fingerprint density at radius 1 is 1.53 bits per heavy atom. The van der Waals surface area contributed by atoms with Gasteiger partial charge < -0.3 is 15.0 Å². The molecule has 1 aromatic rings. The highest BCUT2D eigenvalue weighted by Gasteiger charge is 2.17. The van der Waals surface area contributed by atoms with E-state index in [9.17, 15) is 0 Å². The van der Waals surface area contributed by atoms with Crippen molar-refractivity contribution in [1.29, 1.82) is 0 Å². The second-order valence-electron chi connectivity index (χ2n) is 4.36. The fraction of sp³-hybridized carbons (Fsp3) is 0.667. The maximum Gasteiger partial charge on any atom is 0.218 e. The van der Waals surface area contributed by atoms with E-state index in [1.165, 1.54) is 0 Å². The van der Waals surface area contributed by atoms with Gasteiger partial charge in [0.15, 0.2) is 0 Å². The first-order valence-corrected chi connectivity index (χ1v) is 6.22. The number of hydrogen-bond donors (Lipinski definition) is 1. The summed E-state index contributed by atoms with van der Waals surface area (Å²) in [6.45, 7) is 7.92. The Kier molecular flexibility index (Phi) is 4.14. The molecule has 1 saturated heterocycles. The van der Waals surface area contributed by atoms with Crippen LogP contribution in [0.4, 0.5) is 5.82 Å². The van der Waals surface area contributed by atoms with Crippen LogP contribution in [-0.4, -0.2) is 42.3 Å². The lowest BCUT2D eigenvalue weighted by Gasteiger charge is -2.32. The molecule has 0 saturated carbocycles. The van der Waals surface area contributed by atoms with Gasteiger partial charge in [-0.15, -0.1) is 0 Å². The summed E-state index contributed by atoms with van der Waals surface area (Å²) >= 11 is 0. The Balaban J connectivity index is 2.04. The topological polar surface area (TPSA) is 50.3 Å². The molecule has 1 aliphatic heterocycles. The van der Waals surface area contributed by atoms with Crippen molar-refractivity contribution in [2.45, 2.75) is 26.3 Å². The summed E-state index contributed by atoms with van der Waals surface area (Å²) in [7, 11) is 0. The van der Waals surface area contributed by atoms with Crippen LogP contribution in [-0.2, 0) is 0 Å². The lowest BCUT2D eigenvalue weighted by atomic mass is 10.2. The van der Waals surface area contributed by atoms with Crippen LogP contribution in [0.15, 0.2) is 12.4 Å². The Morgan fingerprint density at radius 2 is 2.41 bits per heavy atom. The Labute approximate surface area is 102 Å². The predicted molar refractivity (Wildman–Crippen MR) is 67.5 cm³/mol. The first kappa shape index (κ1) is 12.1. The second-order valence-corrected chi connectivity index (χ2v) is 4.36. The number of aromatic nitrogens is 2. The molecule has 2 rings (SSSR count). The standard InChI is InChI=1S/C12H20N4O/c1-3-6-17-12-7-11(14-9-15-12)16-5-4-13-10(2)8-16/h7,9-10,13H,3-6,8H2,1-2H3. The fourth-order valence-electron chi connectivity index (χ4n) is 1.93. The van der Waals surface area contributed by atoms with Crippen LogP contribution in [0.25, 0.3) is 0 Å². The van der Waals surface area contributed by atoms with Crippen molar-refractivity contribution in [1.82, 2.24) is 15.3 Å². The van der Waals surface area contributed by atoms with E-state index in [0.29, 0.717) is 18.5 Å². The maximum atomic E-state index is 5.52. The van der Waals surface area contributed by atoms with Gasteiger partial charge in [0.1, 0.15) is 12.1 Å². The number of rotatable bonds is 4. The zero-order chi connectivity index (χ0) is 12.1. The number of piperazine rings is 1. The quantitative estimate of drug-likeness (QED) is 0.847. The van der Waals surface area contributed by atoms with Crippen molar-refractivity contribution in [2.24, 2.45) is 0 Å². The molecule has 94 valence electrons. The summed E-state index contributed by atoms with van der Waals surface area (Å²) < 4.78 is 5.52. The molecule has 0 aliphatic carbocycles. The van der Waals surface area contributed by atoms with Crippen molar-refractivity contribution in [3.8, 4) is 5.88 Å². The molecule has 0 radical (unpaired) electrons. The SMILES string of the molecule is CCCOc1cc(N2CCNC(C)C2)ncn1. The molecule has 0 bridgehead atoms. The molecule has 1 N–H and O–H groups in total. The van der Waals surface area contributed by atoms with Crippen molar-refractivity contribution < 1.29 is 4.74 Å². The highest BCUT2D eigenvalue weighted by molar-refractivity contribution is 5.41. The Bertz CT molecular complexity index is 358. The van der Waals surface area contributed by atoms with Crippen LogP contribution in [0.3, 0.4) is 0 Å². The molecule has 5 heteroatoms. The minimum atomic E-state index is 0.499. The molecule has 1 aliphatic rings. The third-order valence-corrected chi connectivity index (χ3v) is 2.77. The second kappa shape index (κ2) is 5.82. The summed E-state index contributed by atoms with van der Waals surface area (Å²) in [6.07, 6.45) is 2.57. The third kappa shape index (κ3) is 3.30. The zero-order valence-corrected chi connectivity index (χ0v) is 10.5. The van der Waals surface area contributed by atoms with E-state index in [1.54, 1.807) is 6.33 Å². The maximum absolute atomic E-state index is 5.52. The first-order chi connectivity index (χ1) is 8.29. The van der Waals surface area contributed by atoms with Crippen LogP contribution in [0.2, 0.25) is 0 Å². The molecule has 2 heterocycles. The van der Waals surface area contributed by atoms with Gasteiger partial charge in [0.2, 0.25) is 5.88 Å². The highest BCUT2D eigenvalue weighted by Crippen LogP contribution is 2.17. The number of ether oxygens (including phenoxy) is 1. The van der Waals surface area contributed by atoms with Gasteiger partial charge >= 0.3 is 0 Å². The van der Waals surface area contributed by atoms with Gasteiger partial charge in [-0.25, -0.2) is 9.97 Å². The lowest BCUT2D eigenvalue weighted by Crippen LogP contribution is -2.49. The molecule has 1 aromatic heterocycles. The largest absolute Gasteiger partial charge is 0.478 e. The molecule has 1 unspecified atom stereocenters. The normalized spacial score (nSPS) is 20.4. The number of nitrogens with one attached hydrogen (secondary N) is 1. The van der Waals surface area contributed by atoms with E-state index in [-0.39, 0.29) is 0 Å². The predicted octanol–water partition coefficient (Wildman–Crippen LogP) is 1.06. The summed E-state index contributed by atoms with van der Waals surface area (Å²) in [4.78, 5) is 10.7. The van der Waals surface area contributed by atoms with Gasteiger partial charge in [0.05, 0.1) is 6.61 Å². The van der Waals surface area contributed by atoms with Crippen LogP contribution < -0.4 is 15.0 Å². The third-order valence-electron chi connectivity index (χ3n) is 2.77. The Morgan fingerprint density at radius 3 is 3.18 bits per heavy atom. The molecule has 5 nitrogen and oxygen atoms in total. The number of nitrogens with zero attached hydrogens (tertiary/aromatic N) is 3. The molecule has 0 amide bonds. The molecule has 1 atom stereocenters. The van der Waals surface area contributed by atoms with E-state index in [4.69, 9.17) is 4.74 Å². The van der Waals surface area contributed by atoms with E-state index in [1.807, 2.05) is 6.07 Å². The summed E-state index contributed by atoms with van der Waals surface area (Å²) in [5.41, 5.74) is 0. The van der Waals surface area contributed by atoms with Gasteiger partial charge in [0, 0.05) is 31.7 Å². The molecule has 1 fully saturated rings. The van der Waals surface area contributed by atoms with Gasteiger partial charge in [-0.2, -0.15) is 0 Å². The molecular weight excluding hydrogens is 216 g/mol. The van der Waals surface area contributed by atoms with Crippen LogP contribution >= 0.6 is 0 Å². The fourth-order valence-corrected chi connectivity index (χ4v) is 1.93. The van der Waals surface area contributed by atoms with Crippen molar-refractivity contribution >= 4 is 5.82 Å². The molecule has 0 aromatic carbocycles. The summed E-state index contributed by atoms with van der Waals surface area (Å²) in [5.74, 6) is 1.63. The van der Waals surface area contributed by atoms with E-state index in [0.717, 1.165) is 31.9 Å². The summed E-state index contributed by atoms with van der Waals surface area (Å²) in [6, 6.07) is 2.42. The molecule has 0 spiro atoms. The smallest absolute Gasteiger partial charge is 0.218 e.